The van der Waals surface area contributed by atoms with E-state index in [0.29, 0.717) is 18.0 Å². The van der Waals surface area contributed by atoms with Crippen LogP contribution in [0.15, 0.2) is 48.5 Å². The first kappa shape index (κ1) is 23.4. The monoisotopic (exact) mass is 424 g/mol. The summed E-state index contributed by atoms with van der Waals surface area (Å²) in [4.78, 5) is 2.47. The minimum atomic E-state index is -0.860. The SMILES string of the molecule is CCC(CCC(C#N)(c1ccc(F)c(F)c1)C1CCCC1)N(CC)Cc1ccccc1. The van der Waals surface area contributed by atoms with Crippen LogP contribution in [-0.4, -0.2) is 17.5 Å². The first-order chi connectivity index (χ1) is 15.0. The molecular formula is C27H34F2N2. The number of rotatable bonds is 10. The van der Waals surface area contributed by atoms with Crippen LogP contribution in [-0.2, 0) is 12.0 Å². The molecule has 1 fully saturated rings. The van der Waals surface area contributed by atoms with Crippen LogP contribution in [0.4, 0.5) is 8.78 Å². The van der Waals surface area contributed by atoms with Gasteiger partial charge in [0.1, 0.15) is 0 Å². The Hall–Kier alpha value is -2.25. The Kier molecular flexibility index (Phi) is 8.21. The molecule has 3 rings (SSSR count). The fourth-order valence-electron chi connectivity index (χ4n) is 5.34. The van der Waals surface area contributed by atoms with Crippen LogP contribution >= 0.6 is 0 Å². The maximum absolute atomic E-state index is 14.1. The first-order valence-electron chi connectivity index (χ1n) is 11.7. The molecule has 1 aliphatic rings. The molecule has 4 heteroatoms. The fraction of sp³-hybridized carbons (Fsp3) is 0.519. The fourth-order valence-corrected chi connectivity index (χ4v) is 5.34. The smallest absolute Gasteiger partial charge is 0.159 e. The summed E-state index contributed by atoms with van der Waals surface area (Å²) in [6.07, 6.45) is 6.68. The number of benzene rings is 2. The third kappa shape index (κ3) is 5.33. The molecule has 1 saturated carbocycles. The van der Waals surface area contributed by atoms with Gasteiger partial charge < -0.3 is 0 Å². The third-order valence-corrected chi connectivity index (χ3v) is 7.18. The molecule has 2 nitrogen and oxygen atoms in total. The van der Waals surface area contributed by atoms with Gasteiger partial charge in [0.05, 0.1) is 11.5 Å². The summed E-state index contributed by atoms with van der Waals surface area (Å²) in [6, 6.07) is 17.5. The van der Waals surface area contributed by atoms with Crippen molar-refractivity contribution in [3.63, 3.8) is 0 Å². The average molecular weight is 425 g/mol. The molecule has 0 amide bonds. The second kappa shape index (κ2) is 10.9. The van der Waals surface area contributed by atoms with Crippen LogP contribution in [0.1, 0.15) is 69.9 Å². The highest BCUT2D eigenvalue weighted by atomic mass is 19.2. The Bertz CT molecular complexity index is 871. The molecule has 0 saturated heterocycles. The summed E-state index contributed by atoms with van der Waals surface area (Å²) in [6.45, 7) is 6.18. The Labute approximate surface area is 185 Å². The number of halogens is 2. The van der Waals surface area contributed by atoms with Gasteiger partial charge in [0, 0.05) is 12.6 Å². The van der Waals surface area contributed by atoms with Crippen LogP contribution in [0, 0.1) is 28.9 Å². The van der Waals surface area contributed by atoms with Crippen molar-refractivity contribution in [1.82, 2.24) is 4.90 Å². The van der Waals surface area contributed by atoms with Gasteiger partial charge in [-0.15, -0.1) is 0 Å². The van der Waals surface area contributed by atoms with Gasteiger partial charge in [0.15, 0.2) is 11.6 Å². The lowest BCUT2D eigenvalue weighted by Crippen LogP contribution is -2.38. The highest BCUT2D eigenvalue weighted by molar-refractivity contribution is 5.35. The van der Waals surface area contributed by atoms with Crippen molar-refractivity contribution in [2.24, 2.45) is 5.92 Å². The van der Waals surface area contributed by atoms with E-state index in [4.69, 9.17) is 0 Å². The van der Waals surface area contributed by atoms with Crippen molar-refractivity contribution in [2.45, 2.75) is 76.8 Å². The van der Waals surface area contributed by atoms with E-state index in [1.54, 1.807) is 6.07 Å². The summed E-state index contributed by atoms with van der Waals surface area (Å²) in [5, 5.41) is 10.4. The highest BCUT2D eigenvalue weighted by Gasteiger charge is 2.42. The van der Waals surface area contributed by atoms with Gasteiger partial charge in [-0.2, -0.15) is 5.26 Å². The van der Waals surface area contributed by atoms with Crippen molar-refractivity contribution in [1.29, 1.82) is 5.26 Å². The van der Waals surface area contributed by atoms with E-state index in [9.17, 15) is 14.0 Å². The molecule has 2 unspecified atom stereocenters. The van der Waals surface area contributed by atoms with Gasteiger partial charge in [-0.25, -0.2) is 8.78 Å². The van der Waals surface area contributed by atoms with Crippen LogP contribution in [0.5, 0.6) is 0 Å². The second-order valence-corrected chi connectivity index (χ2v) is 8.84. The van der Waals surface area contributed by atoms with Gasteiger partial charge >= 0.3 is 0 Å². The van der Waals surface area contributed by atoms with Gasteiger partial charge in [0.25, 0.3) is 0 Å². The molecular weight excluding hydrogens is 390 g/mol. The molecule has 1 aliphatic carbocycles. The zero-order valence-corrected chi connectivity index (χ0v) is 18.8. The Balaban J connectivity index is 1.84. The molecule has 0 bridgehead atoms. The van der Waals surface area contributed by atoms with E-state index in [1.807, 2.05) is 6.07 Å². The zero-order chi connectivity index (χ0) is 22.3. The molecule has 0 heterocycles. The average Bonchev–Trinajstić information content (AvgIpc) is 3.34. The van der Waals surface area contributed by atoms with Crippen LogP contribution in [0.2, 0.25) is 0 Å². The number of nitrogens with zero attached hydrogens (tertiary/aromatic N) is 2. The quantitative estimate of drug-likeness (QED) is 0.411. The van der Waals surface area contributed by atoms with E-state index in [1.165, 1.54) is 17.7 Å². The van der Waals surface area contributed by atoms with Crippen molar-refractivity contribution < 1.29 is 8.78 Å². The van der Waals surface area contributed by atoms with E-state index in [2.05, 4.69) is 49.1 Å². The topological polar surface area (TPSA) is 27.0 Å². The van der Waals surface area contributed by atoms with Crippen LogP contribution < -0.4 is 0 Å². The summed E-state index contributed by atoms with van der Waals surface area (Å²) >= 11 is 0. The Morgan fingerprint density at radius 2 is 1.77 bits per heavy atom. The van der Waals surface area contributed by atoms with Gasteiger partial charge in [-0.3, -0.25) is 4.90 Å². The maximum Gasteiger partial charge on any atom is 0.159 e. The lowest BCUT2D eigenvalue weighted by molar-refractivity contribution is 0.165. The summed E-state index contributed by atoms with van der Waals surface area (Å²) < 4.78 is 27.8. The van der Waals surface area contributed by atoms with E-state index in [0.717, 1.165) is 51.6 Å². The number of nitriles is 1. The van der Waals surface area contributed by atoms with Gasteiger partial charge in [-0.05, 0) is 67.8 Å². The highest BCUT2D eigenvalue weighted by Crippen LogP contribution is 2.46. The van der Waals surface area contributed by atoms with Crippen molar-refractivity contribution >= 4 is 0 Å². The van der Waals surface area contributed by atoms with E-state index < -0.39 is 17.0 Å². The largest absolute Gasteiger partial charge is 0.296 e. The van der Waals surface area contributed by atoms with Crippen molar-refractivity contribution in [3.05, 3.63) is 71.3 Å². The zero-order valence-electron chi connectivity index (χ0n) is 18.8. The third-order valence-electron chi connectivity index (χ3n) is 7.18. The van der Waals surface area contributed by atoms with Crippen LogP contribution in [0.25, 0.3) is 0 Å². The normalized spacial score (nSPS) is 17.4. The molecule has 31 heavy (non-hydrogen) atoms. The lowest BCUT2D eigenvalue weighted by Gasteiger charge is -2.37. The molecule has 0 radical (unpaired) electrons. The molecule has 2 aromatic carbocycles. The molecule has 0 aliphatic heterocycles. The van der Waals surface area contributed by atoms with Gasteiger partial charge in [0.2, 0.25) is 0 Å². The predicted molar refractivity (Wildman–Crippen MR) is 121 cm³/mol. The Morgan fingerprint density at radius 1 is 1.06 bits per heavy atom. The van der Waals surface area contributed by atoms with Gasteiger partial charge in [-0.1, -0.05) is 63.1 Å². The molecule has 2 aromatic rings. The van der Waals surface area contributed by atoms with E-state index >= 15 is 0 Å². The standard InChI is InChI=1S/C27H34F2N2/c1-3-24(31(4-2)19-21-10-6-5-7-11-21)16-17-27(20-30,22-12-8-9-13-22)23-14-15-25(28)26(29)18-23/h5-7,10-11,14-15,18,22,24H,3-4,8-9,12-13,16-17,19H2,1-2H3. The van der Waals surface area contributed by atoms with E-state index in [-0.39, 0.29) is 5.92 Å². The molecule has 166 valence electrons. The first-order valence-corrected chi connectivity index (χ1v) is 11.7. The molecule has 0 aromatic heterocycles. The molecule has 0 spiro atoms. The minimum absolute atomic E-state index is 0.198. The summed E-state index contributed by atoms with van der Waals surface area (Å²) in [7, 11) is 0. The summed E-state index contributed by atoms with van der Waals surface area (Å²) in [5.74, 6) is -1.51. The second-order valence-electron chi connectivity index (χ2n) is 8.84. The minimum Gasteiger partial charge on any atom is -0.296 e. The lowest BCUT2D eigenvalue weighted by atomic mass is 9.67. The Morgan fingerprint density at radius 3 is 2.35 bits per heavy atom. The number of hydrogen-bond acceptors (Lipinski definition) is 2. The molecule has 0 N–H and O–H groups in total. The maximum atomic E-state index is 14.1. The predicted octanol–water partition coefficient (Wildman–Crippen LogP) is 7.00. The molecule has 2 atom stereocenters. The summed E-state index contributed by atoms with van der Waals surface area (Å²) in [5.41, 5.74) is 1.16. The number of hydrogen-bond donors (Lipinski definition) is 0. The van der Waals surface area contributed by atoms with Crippen LogP contribution in [0.3, 0.4) is 0 Å². The van der Waals surface area contributed by atoms with Crippen molar-refractivity contribution in [3.8, 4) is 6.07 Å². The van der Waals surface area contributed by atoms with Crippen molar-refractivity contribution in [2.75, 3.05) is 6.54 Å².